The largest absolute Gasteiger partial charge is 0.309 e. The number of allylic oxidation sites excluding steroid dienone is 4. The fourth-order valence-corrected chi connectivity index (χ4v) is 4.73. The van der Waals surface area contributed by atoms with E-state index in [0.717, 1.165) is 23.9 Å². The van der Waals surface area contributed by atoms with Gasteiger partial charge in [-0.3, -0.25) is 0 Å². The van der Waals surface area contributed by atoms with E-state index in [2.05, 4.69) is 134 Å². The smallest absolute Gasteiger partial charge is 0.140 e. The molecule has 0 spiro atoms. The van der Waals surface area contributed by atoms with Crippen molar-refractivity contribution < 1.29 is 0 Å². The van der Waals surface area contributed by atoms with Crippen LogP contribution in [-0.2, 0) is 0 Å². The van der Waals surface area contributed by atoms with Gasteiger partial charge in [0.15, 0.2) is 0 Å². The molecule has 0 amide bonds. The van der Waals surface area contributed by atoms with Crippen LogP contribution in [0, 0.1) is 11.8 Å². The number of aromatic nitrogens is 3. The number of para-hydroxylation sites is 2. The highest BCUT2D eigenvalue weighted by Gasteiger charge is 2.18. The third-order valence-corrected chi connectivity index (χ3v) is 6.28. The van der Waals surface area contributed by atoms with Gasteiger partial charge < -0.3 is 9.13 Å². The van der Waals surface area contributed by atoms with Gasteiger partial charge in [0.2, 0.25) is 0 Å². The molecule has 0 aliphatic heterocycles. The Balaban J connectivity index is 0.000000591. The van der Waals surface area contributed by atoms with Crippen LogP contribution in [0.15, 0.2) is 103 Å². The zero-order valence-electron chi connectivity index (χ0n) is 21.0. The first-order valence-corrected chi connectivity index (χ1v) is 12.5. The molecule has 6 rings (SSSR count). The molecule has 2 aromatic heterocycles. The van der Waals surface area contributed by atoms with Crippen molar-refractivity contribution >= 4 is 27.4 Å². The van der Waals surface area contributed by atoms with Crippen molar-refractivity contribution in [2.75, 3.05) is 0 Å². The summed E-state index contributed by atoms with van der Waals surface area (Å²) in [5.41, 5.74) is 6.04. The van der Waals surface area contributed by atoms with Gasteiger partial charge in [0.05, 0.1) is 11.0 Å². The van der Waals surface area contributed by atoms with E-state index in [-0.39, 0.29) is 0 Å². The molecule has 0 saturated heterocycles. The predicted molar refractivity (Wildman–Crippen MR) is 149 cm³/mol. The van der Waals surface area contributed by atoms with Gasteiger partial charge in [-0.15, -0.1) is 0 Å². The highest BCUT2D eigenvalue weighted by molar-refractivity contribution is 6.09. The van der Waals surface area contributed by atoms with Crippen LogP contribution in [0.3, 0.4) is 0 Å². The average Bonchev–Trinajstić information content (AvgIpc) is 3.47. The summed E-state index contributed by atoms with van der Waals surface area (Å²) in [6, 6.07) is 26.0. The first kappa shape index (κ1) is 22.9. The third-order valence-electron chi connectivity index (χ3n) is 6.28. The summed E-state index contributed by atoms with van der Waals surface area (Å²) in [7, 11) is 0. The molecule has 35 heavy (non-hydrogen) atoms. The maximum absolute atomic E-state index is 4.72. The maximum atomic E-state index is 4.72. The Morgan fingerprint density at radius 3 is 2.31 bits per heavy atom. The minimum atomic E-state index is 0.467. The average molecular weight is 460 g/mol. The van der Waals surface area contributed by atoms with Gasteiger partial charge >= 0.3 is 0 Å². The highest BCUT2D eigenvalue weighted by Crippen LogP contribution is 2.35. The zero-order chi connectivity index (χ0) is 24.4. The molecule has 3 aromatic carbocycles. The number of benzene rings is 3. The standard InChI is InChI=1S/C28H23N3.C4H10/c1-20-9-5-6-12-23(20)28-29-17-18-30(28)22-15-16-27-25(19-22)24-13-7-8-14-26(24)31(27)21-10-3-2-4-11-21;1-4(2)3/h2-8,10-20H,9H2,1H3;4H,1-3H3. The zero-order valence-corrected chi connectivity index (χ0v) is 21.0. The Labute approximate surface area is 208 Å². The number of hydrogen-bond acceptors (Lipinski definition) is 1. The highest BCUT2D eigenvalue weighted by atomic mass is 15.1. The van der Waals surface area contributed by atoms with Gasteiger partial charge in [-0.1, -0.05) is 82.3 Å². The van der Waals surface area contributed by atoms with E-state index in [1.54, 1.807) is 0 Å². The molecule has 2 heterocycles. The molecular formula is C32H33N3. The van der Waals surface area contributed by atoms with Crippen molar-refractivity contribution in [3.63, 3.8) is 0 Å². The summed E-state index contributed by atoms with van der Waals surface area (Å²) >= 11 is 0. The first-order chi connectivity index (χ1) is 17.0. The minimum absolute atomic E-state index is 0.467. The van der Waals surface area contributed by atoms with Crippen LogP contribution in [-0.4, -0.2) is 14.1 Å². The molecule has 0 bridgehead atoms. The van der Waals surface area contributed by atoms with E-state index in [1.807, 2.05) is 6.20 Å². The fourth-order valence-electron chi connectivity index (χ4n) is 4.73. The molecule has 1 aliphatic carbocycles. The van der Waals surface area contributed by atoms with E-state index >= 15 is 0 Å². The summed E-state index contributed by atoms with van der Waals surface area (Å²) in [6.07, 6.45) is 11.6. The quantitative estimate of drug-likeness (QED) is 0.265. The van der Waals surface area contributed by atoms with E-state index < -0.39 is 0 Å². The predicted octanol–water partition coefficient (Wildman–Crippen LogP) is 8.61. The second kappa shape index (κ2) is 9.79. The second-order valence-corrected chi connectivity index (χ2v) is 9.93. The summed E-state index contributed by atoms with van der Waals surface area (Å²) < 4.78 is 4.56. The Morgan fingerprint density at radius 1 is 0.829 bits per heavy atom. The van der Waals surface area contributed by atoms with E-state index in [9.17, 15) is 0 Å². The Bertz CT molecular complexity index is 1510. The van der Waals surface area contributed by atoms with Crippen LogP contribution in [0.4, 0.5) is 0 Å². The maximum Gasteiger partial charge on any atom is 0.140 e. The van der Waals surface area contributed by atoms with Crippen LogP contribution < -0.4 is 0 Å². The Hall–Kier alpha value is -3.85. The minimum Gasteiger partial charge on any atom is -0.309 e. The number of fused-ring (bicyclic) bond motifs is 3. The lowest BCUT2D eigenvalue weighted by molar-refractivity contribution is 0.737. The second-order valence-electron chi connectivity index (χ2n) is 9.93. The van der Waals surface area contributed by atoms with Crippen LogP contribution >= 0.6 is 0 Å². The Morgan fingerprint density at radius 2 is 1.54 bits per heavy atom. The summed E-state index contributed by atoms with van der Waals surface area (Å²) in [5, 5.41) is 2.51. The molecule has 0 saturated carbocycles. The Kier molecular flexibility index (Phi) is 6.41. The van der Waals surface area contributed by atoms with Crippen molar-refractivity contribution in [2.45, 2.75) is 34.1 Å². The number of hydrogen-bond donors (Lipinski definition) is 0. The normalized spacial score (nSPS) is 15.3. The molecular weight excluding hydrogens is 426 g/mol. The molecule has 5 aromatic rings. The molecule has 176 valence electrons. The van der Waals surface area contributed by atoms with Crippen molar-refractivity contribution in [1.82, 2.24) is 14.1 Å². The molecule has 1 atom stereocenters. The van der Waals surface area contributed by atoms with E-state index in [1.165, 1.54) is 33.1 Å². The van der Waals surface area contributed by atoms with Crippen LogP contribution in [0.2, 0.25) is 0 Å². The number of nitrogens with zero attached hydrogens (tertiary/aromatic N) is 3. The lowest BCUT2D eigenvalue weighted by atomic mass is 9.92. The monoisotopic (exact) mass is 459 g/mol. The first-order valence-electron chi connectivity index (χ1n) is 12.5. The molecule has 1 unspecified atom stereocenters. The van der Waals surface area contributed by atoms with Gasteiger partial charge in [0.25, 0.3) is 0 Å². The van der Waals surface area contributed by atoms with Crippen molar-refractivity contribution in [2.24, 2.45) is 11.8 Å². The van der Waals surface area contributed by atoms with Crippen LogP contribution in [0.5, 0.6) is 0 Å². The lowest BCUT2D eigenvalue weighted by Gasteiger charge is -2.18. The fraction of sp³-hybridized carbons (Fsp3) is 0.219. The summed E-state index contributed by atoms with van der Waals surface area (Å²) in [4.78, 5) is 4.72. The number of imidazole rings is 1. The topological polar surface area (TPSA) is 22.8 Å². The van der Waals surface area contributed by atoms with Gasteiger partial charge in [-0.25, -0.2) is 4.98 Å². The summed E-state index contributed by atoms with van der Waals surface area (Å²) in [5.74, 6) is 2.33. The third kappa shape index (κ3) is 4.46. The SMILES string of the molecule is CC(C)C.CC1CC=CC=C1c1nccn1-c1ccc2c(c1)c1ccccc1n2-c1ccccc1. The molecule has 3 heteroatoms. The molecule has 3 nitrogen and oxygen atoms in total. The van der Waals surface area contributed by atoms with E-state index in [4.69, 9.17) is 4.98 Å². The summed E-state index contributed by atoms with van der Waals surface area (Å²) in [6.45, 7) is 8.77. The number of rotatable bonds is 3. The van der Waals surface area contributed by atoms with Gasteiger partial charge in [0, 0.05) is 34.5 Å². The van der Waals surface area contributed by atoms with Crippen LogP contribution in [0.25, 0.3) is 38.8 Å². The van der Waals surface area contributed by atoms with Crippen LogP contribution in [0.1, 0.15) is 39.9 Å². The van der Waals surface area contributed by atoms with Crippen molar-refractivity contribution in [3.8, 4) is 11.4 Å². The van der Waals surface area contributed by atoms with Gasteiger partial charge in [-0.05, 0) is 60.2 Å². The molecule has 1 aliphatic rings. The molecule has 0 N–H and O–H groups in total. The lowest BCUT2D eigenvalue weighted by Crippen LogP contribution is -2.07. The van der Waals surface area contributed by atoms with Crippen molar-refractivity contribution in [1.29, 1.82) is 0 Å². The molecule has 0 radical (unpaired) electrons. The van der Waals surface area contributed by atoms with Gasteiger partial charge in [-0.2, -0.15) is 0 Å². The van der Waals surface area contributed by atoms with Gasteiger partial charge in [0.1, 0.15) is 5.82 Å². The van der Waals surface area contributed by atoms with Crippen molar-refractivity contribution in [3.05, 3.63) is 109 Å². The molecule has 0 fully saturated rings. The van der Waals surface area contributed by atoms with E-state index in [0.29, 0.717) is 5.92 Å².